The van der Waals surface area contributed by atoms with E-state index in [-0.39, 0.29) is 44.2 Å². The number of aliphatic hydroxyl groups is 1. The van der Waals surface area contributed by atoms with Crippen molar-refractivity contribution >= 4 is 36.4 Å². The summed E-state index contributed by atoms with van der Waals surface area (Å²) in [4.78, 5) is 78.4. The summed E-state index contributed by atoms with van der Waals surface area (Å²) in [6.07, 6.45) is -0.0791. The maximum atomic E-state index is 14.5. The van der Waals surface area contributed by atoms with Crippen LogP contribution in [0.2, 0.25) is 0 Å². The van der Waals surface area contributed by atoms with Gasteiger partial charge in [0.25, 0.3) is 6.47 Å². The molecule has 17 heteroatoms. The lowest BCUT2D eigenvalue weighted by molar-refractivity contribution is -0.298. The predicted molar refractivity (Wildman–Crippen MR) is 237 cm³/mol. The van der Waals surface area contributed by atoms with E-state index in [4.69, 9.17) is 34.2 Å². The molecule has 3 heterocycles. The first-order chi connectivity index (χ1) is 30.2. The number of nitrogens with one attached hydrogen (secondary N) is 1. The number of nitrogens with two attached hydrogens (primary N) is 1. The van der Waals surface area contributed by atoms with Gasteiger partial charge in [0.05, 0.1) is 18.1 Å². The monoisotopic (exact) mass is 895 g/mol. The minimum Gasteiger partial charge on any atom is -0.461 e. The molecule has 1 aromatic carbocycles. The van der Waals surface area contributed by atoms with E-state index in [1.807, 2.05) is 56.3 Å². The first kappa shape index (κ1) is 51.8. The second kappa shape index (κ2) is 22.9. The molecule has 2 aromatic rings. The number of rotatable bonds is 13. The average molecular weight is 896 g/mol. The van der Waals surface area contributed by atoms with Crippen LogP contribution in [0.15, 0.2) is 48.8 Å². The maximum Gasteiger partial charge on any atom is 0.408 e. The average Bonchev–Trinajstić information content (AvgIpc) is 3.27. The normalized spacial score (nSPS) is 34.3. The quantitative estimate of drug-likeness (QED) is 0.138. The predicted octanol–water partition coefficient (Wildman–Crippen LogP) is 4.87. The number of ether oxygens (including phenoxy) is 6. The minimum atomic E-state index is -1.75. The van der Waals surface area contributed by atoms with Gasteiger partial charge in [-0.15, -0.1) is 0 Å². The van der Waals surface area contributed by atoms with Crippen LogP contribution in [-0.2, 0) is 47.6 Å². The van der Waals surface area contributed by atoms with E-state index in [2.05, 4.69) is 15.3 Å². The third-order valence-electron chi connectivity index (χ3n) is 12.7. The Labute approximate surface area is 377 Å². The molecule has 0 bridgehead atoms. The molecule has 0 radical (unpaired) electrons. The molecule has 2 saturated heterocycles. The molecule has 2 fully saturated rings. The number of aliphatic hydroxyl groups excluding tert-OH is 1. The van der Waals surface area contributed by atoms with Crippen LogP contribution in [0.5, 0.6) is 0 Å². The molecule has 4 N–H and O–H groups in total. The first-order valence-corrected chi connectivity index (χ1v) is 22.2. The standard InChI is InChI=1S/C47H69N5O12/c1-12-35-47(9,59-26-53)40(48)29(5)37(55)27(3)25-46(8,64-45(58)51-21-14-16-32-17-19-33(20-18-32)42-49-22-15-23-50-42)41(63-44-38(56)34(52(10)11)24-28(4)60-44)30(6)39(62-36(54)13-2)31(7)43(57)61-35/h14-20,22-23,26-31,34-35,38-41,44,56H,12-13,21,24-25,48H2,1-11H3,(H,51,58)/b16-14+/t27-,28-,29+,30+,31-,34+,35-,38-,39+,40-,41-,44+,46-,47-/m1/s1. The number of cyclic esters (lactones) is 1. The maximum absolute atomic E-state index is 14.5. The Morgan fingerprint density at radius 1 is 1.03 bits per heavy atom. The molecular formula is C47H69N5O12. The van der Waals surface area contributed by atoms with Crippen molar-refractivity contribution in [2.24, 2.45) is 29.4 Å². The van der Waals surface area contributed by atoms with Crippen molar-refractivity contribution in [2.45, 2.75) is 148 Å². The van der Waals surface area contributed by atoms with Gasteiger partial charge in [-0.2, -0.15) is 0 Å². The molecule has 2 aliphatic rings. The third-order valence-corrected chi connectivity index (χ3v) is 12.7. The second-order valence-corrected chi connectivity index (χ2v) is 17.8. The Balaban J connectivity index is 1.80. The molecule has 0 aliphatic carbocycles. The van der Waals surface area contributed by atoms with Crippen molar-refractivity contribution < 1.29 is 57.5 Å². The molecule has 1 aromatic heterocycles. The fraction of sp³-hybridized carbons (Fsp3) is 0.638. The first-order valence-electron chi connectivity index (χ1n) is 22.2. The van der Waals surface area contributed by atoms with E-state index < -0.39 is 95.7 Å². The van der Waals surface area contributed by atoms with Gasteiger partial charge in [-0.25, -0.2) is 14.8 Å². The molecular weight excluding hydrogens is 827 g/mol. The largest absolute Gasteiger partial charge is 0.461 e. The van der Waals surface area contributed by atoms with Gasteiger partial charge in [-0.3, -0.25) is 19.2 Å². The molecule has 0 spiro atoms. The van der Waals surface area contributed by atoms with E-state index in [1.165, 1.54) is 13.8 Å². The number of alkyl carbamates (subject to hydrolysis) is 1. The number of likely N-dealkylation sites (N-methyl/N-ethyl adjacent to an activating group) is 1. The number of Topliss-reactive ketones (excluding diaryl/α,β-unsaturated/α-hetero) is 1. The number of nitrogens with zero attached hydrogens (tertiary/aromatic N) is 3. The van der Waals surface area contributed by atoms with Crippen LogP contribution in [-0.4, -0.2) is 131 Å². The van der Waals surface area contributed by atoms with Crippen LogP contribution >= 0.6 is 0 Å². The SMILES string of the molecule is CCC(=O)O[C@H]1[C@H](C)[C@@H](O[C@@H]2O[C@H](C)C[C@H](N(C)C)[C@H]2O)[C@](C)(OC(=O)NC/C=C/c2ccc(-c3ncccn3)cc2)C[C@@H](C)C(=O)[C@H](C)[C@@H](N)[C@](C)(OC=O)[C@@H](CC)OC(=O)[C@@H]1C. The van der Waals surface area contributed by atoms with Gasteiger partial charge in [0.2, 0.25) is 0 Å². The Bertz CT molecular complexity index is 1900. The molecule has 17 nitrogen and oxygen atoms in total. The van der Waals surface area contributed by atoms with E-state index in [0.717, 1.165) is 11.1 Å². The number of hydrogen-bond donors (Lipinski definition) is 3. The van der Waals surface area contributed by atoms with Crippen molar-refractivity contribution in [3.8, 4) is 11.4 Å². The Hall–Kier alpha value is -4.81. The molecule has 2 aliphatic heterocycles. The van der Waals surface area contributed by atoms with Gasteiger partial charge < -0.3 is 49.5 Å². The Kier molecular flexibility index (Phi) is 18.5. The summed E-state index contributed by atoms with van der Waals surface area (Å²) in [6, 6.07) is 7.75. The topological polar surface area (TPSA) is 228 Å². The van der Waals surface area contributed by atoms with Gasteiger partial charge in [0.15, 0.2) is 17.7 Å². The summed E-state index contributed by atoms with van der Waals surface area (Å²) in [5, 5.41) is 14.5. The van der Waals surface area contributed by atoms with Crippen LogP contribution in [0.1, 0.15) is 93.6 Å². The minimum absolute atomic E-state index is 0.0416. The molecule has 64 heavy (non-hydrogen) atoms. The number of ketones is 1. The van der Waals surface area contributed by atoms with Crippen molar-refractivity contribution in [3.63, 3.8) is 0 Å². The summed E-state index contributed by atoms with van der Waals surface area (Å²) >= 11 is 0. The van der Waals surface area contributed by atoms with E-state index in [9.17, 15) is 29.1 Å². The van der Waals surface area contributed by atoms with Crippen LogP contribution < -0.4 is 11.1 Å². The highest BCUT2D eigenvalue weighted by atomic mass is 16.7. The van der Waals surface area contributed by atoms with Crippen LogP contribution in [0, 0.1) is 23.7 Å². The summed E-state index contributed by atoms with van der Waals surface area (Å²) in [5.41, 5.74) is 5.08. The molecule has 354 valence electrons. The summed E-state index contributed by atoms with van der Waals surface area (Å²) in [5.74, 6) is -5.24. The zero-order chi connectivity index (χ0) is 47.5. The second-order valence-electron chi connectivity index (χ2n) is 17.8. The molecule has 0 unspecified atom stereocenters. The highest BCUT2D eigenvalue weighted by Crippen LogP contribution is 2.41. The van der Waals surface area contributed by atoms with Gasteiger partial charge in [-0.1, -0.05) is 71.0 Å². The van der Waals surface area contributed by atoms with Gasteiger partial charge in [0.1, 0.15) is 35.8 Å². The van der Waals surface area contributed by atoms with Gasteiger partial charge >= 0.3 is 18.0 Å². The van der Waals surface area contributed by atoms with E-state index in [0.29, 0.717) is 12.2 Å². The van der Waals surface area contributed by atoms with Crippen molar-refractivity contribution in [2.75, 3.05) is 20.6 Å². The van der Waals surface area contributed by atoms with Gasteiger partial charge in [-0.05, 0) is 72.7 Å². The lowest BCUT2D eigenvalue weighted by atomic mass is 9.73. The number of esters is 2. The number of carbonyl (C=O) groups is 5. The zero-order valence-electron chi connectivity index (χ0n) is 39.1. The summed E-state index contributed by atoms with van der Waals surface area (Å²) in [7, 11) is 3.66. The Morgan fingerprint density at radius 2 is 1.69 bits per heavy atom. The van der Waals surface area contributed by atoms with E-state index in [1.54, 1.807) is 66.1 Å². The van der Waals surface area contributed by atoms with Crippen molar-refractivity contribution in [1.29, 1.82) is 0 Å². The molecule has 4 rings (SSSR count). The number of carbonyl (C=O) groups excluding carboxylic acids is 5. The summed E-state index contributed by atoms with van der Waals surface area (Å²) < 4.78 is 37.1. The number of aromatic nitrogens is 2. The van der Waals surface area contributed by atoms with Crippen LogP contribution in [0.3, 0.4) is 0 Å². The molecule has 14 atom stereocenters. The molecule has 0 saturated carbocycles. The van der Waals surface area contributed by atoms with E-state index >= 15 is 0 Å². The Morgan fingerprint density at radius 3 is 2.28 bits per heavy atom. The van der Waals surface area contributed by atoms with Crippen molar-refractivity contribution in [3.05, 3.63) is 54.4 Å². The lowest BCUT2D eigenvalue weighted by Gasteiger charge is -2.48. The fourth-order valence-electron chi connectivity index (χ4n) is 8.98. The fourth-order valence-corrected chi connectivity index (χ4v) is 8.98. The van der Waals surface area contributed by atoms with Crippen LogP contribution in [0.4, 0.5) is 4.79 Å². The third kappa shape index (κ3) is 12.5. The lowest BCUT2D eigenvalue weighted by Crippen LogP contribution is -2.63. The number of benzene rings is 1. The number of hydrogen-bond acceptors (Lipinski definition) is 16. The smallest absolute Gasteiger partial charge is 0.408 e. The highest BCUT2D eigenvalue weighted by molar-refractivity contribution is 5.84. The zero-order valence-corrected chi connectivity index (χ0v) is 39.1. The highest BCUT2D eigenvalue weighted by Gasteiger charge is 2.54. The number of amides is 1. The molecule has 1 amide bonds. The van der Waals surface area contributed by atoms with Gasteiger partial charge in [0, 0.05) is 54.7 Å². The summed E-state index contributed by atoms with van der Waals surface area (Å²) in [6.45, 7) is 15.0. The van der Waals surface area contributed by atoms with Crippen molar-refractivity contribution in [1.82, 2.24) is 20.2 Å². The van der Waals surface area contributed by atoms with Crippen LogP contribution in [0.25, 0.3) is 17.5 Å².